The first-order valence-electron chi connectivity index (χ1n) is 9.68. The molecule has 0 saturated heterocycles. The summed E-state index contributed by atoms with van der Waals surface area (Å²) in [7, 11) is -3.38. The lowest BCUT2D eigenvalue weighted by Gasteiger charge is -2.24. The number of fused-ring (bicyclic) bond motifs is 3. The summed E-state index contributed by atoms with van der Waals surface area (Å²) >= 11 is 1.32. The van der Waals surface area contributed by atoms with Crippen LogP contribution in [0.5, 0.6) is 0 Å². The van der Waals surface area contributed by atoms with Gasteiger partial charge in [0.25, 0.3) is 15.9 Å². The molecule has 1 fully saturated rings. The van der Waals surface area contributed by atoms with Gasteiger partial charge in [0.1, 0.15) is 0 Å². The Kier molecular flexibility index (Phi) is 4.43. The van der Waals surface area contributed by atoms with Gasteiger partial charge in [0, 0.05) is 29.6 Å². The maximum absolute atomic E-state index is 13.3. The molecule has 0 unspecified atom stereocenters. The summed E-state index contributed by atoms with van der Waals surface area (Å²) in [5, 5.41) is 0.481. The lowest BCUT2D eigenvalue weighted by molar-refractivity contribution is 0.0729. The minimum absolute atomic E-state index is 0.0171. The fourth-order valence-electron chi connectivity index (χ4n) is 3.67. The first-order valence-corrected chi connectivity index (χ1v) is 12.1. The van der Waals surface area contributed by atoms with Gasteiger partial charge < -0.3 is 9.80 Å². The van der Waals surface area contributed by atoms with Crippen LogP contribution in [0.25, 0.3) is 0 Å². The molecule has 2 aromatic rings. The van der Waals surface area contributed by atoms with E-state index in [-0.39, 0.29) is 11.7 Å². The second kappa shape index (κ2) is 6.88. The molecule has 0 spiro atoms. The number of anilines is 1. The van der Waals surface area contributed by atoms with Crippen molar-refractivity contribution in [3.8, 4) is 0 Å². The van der Waals surface area contributed by atoms with Gasteiger partial charge in [0.2, 0.25) is 0 Å². The van der Waals surface area contributed by atoms with Crippen molar-refractivity contribution in [2.45, 2.75) is 37.2 Å². The number of nitrogens with zero attached hydrogens (tertiary/aromatic N) is 3. The van der Waals surface area contributed by atoms with E-state index in [0.717, 1.165) is 29.0 Å². The fraction of sp³-hybridized carbons (Fsp3) is 0.333. The molecule has 0 bridgehead atoms. The molecule has 8 heteroatoms. The van der Waals surface area contributed by atoms with Gasteiger partial charge in [-0.25, -0.2) is 8.42 Å². The summed E-state index contributed by atoms with van der Waals surface area (Å²) in [4.78, 5) is 18.1. The quantitative estimate of drug-likeness (QED) is 0.748. The van der Waals surface area contributed by atoms with E-state index < -0.39 is 10.0 Å². The molecule has 0 radical (unpaired) electrons. The minimum Gasteiger partial charge on any atom is -0.331 e. The summed E-state index contributed by atoms with van der Waals surface area (Å²) in [6.07, 6.45) is 2.08. The molecule has 0 atom stereocenters. The first-order chi connectivity index (χ1) is 13.9. The largest absolute Gasteiger partial charge is 0.331 e. The van der Waals surface area contributed by atoms with Crippen molar-refractivity contribution in [1.29, 1.82) is 0 Å². The van der Waals surface area contributed by atoms with E-state index in [1.807, 2.05) is 28.0 Å². The Morgan fingerprint density at radius 1 is 1.21 bits per heavy atom. The molecule has 6 nitrogen and oxygen atoms in total. The number of thioether (sulfide) groups is 1. The lowest BCUT2D eigenvalue weighted by atomic mass is 10.1. The van der Waals surface area contributed by atoms with Gasteiger partial charge in [-0.2, -0.15) is 0 Å². The zero-order valence-electron chi connectivity index (χ0n) is 16.0. The van der Waals surface area contributed by atoms with Crippen LogP contribution in [-0.2, 0) is 16.6 Å². The Hall–Kier alpha value is -2.32. The molecular weight excluding hydrogens is 406 g/mol. The topological polar surface area (TPSA) is 70.0 Å². The summed E-state index contributed by atoms with van der Waals surface area (Å²) in [5.74, 6) is 0.0410. The van der Waals surface area contributed by atoms with E-state index in [1.165, 1.54) is 17.3 Å². The number of sulfonamides is 1. The minimum atomic E-state index is -3.38. The molecular formula is C21H21N3O3S2. The van der Waals surface area contributed by atoms with Gasteiger partial charge in [-0.1, -0.05) is 29.8 Å². The predicted molar refractivity (Wildman–Crippen MR) is 115 cm³/mol. The molecule has 0 aromatic heterocycles. The van der Waals surface area contributed by atoms with Crippen LogP contribution in [0.2, 0.25) is 0 Å². The van der Waals surface area contributed by atoms with E-state index in [1.54, 1.807) is 0 Å². The van der Waals surface area contributed by atoms with Crippen molar-refractivity contribution < 1.29 is 13.2 Å². The fourth-order valence-corrected chi connectivity index (χ4v) is 5.97. The van der Waals surface area contributed by atoms with E-state index in [9.17, 15) is 13.2 Å². The first kappa shape index (κ1) is 18.7. The zero-order valence-corrected chi connectivity index (χ0v) is 17.7. The van der Waals surface area contributed by atoms with E-state index in [4.69, 9.17) is 0 Å². The van der Waals surface area contributed by atoms with E-state index >= 15 is 0 Å². The van der Waals surface area contributed by atoms with Gasteiger partial charge in [-0.3, -0.25) is 4.79 Å². The second-order valence-corrected chi connectivity index (χ2v) is 10.5. The number of amides is 1. The molecule has 1 amide bonds. The average molecular weight is 428 g/mol. The van der Waals surface area contributed by atoms with Crippen molar-refractivity contribution in [2.75, 3.05) is 17.2 Å². The highest BCUT2D eigenvalue weighted by Gasteiger charge is 2.36. The Morgan fingerprint density at radius 3 is 2.69 bits per heavy atom. The van der Waals surface area contributed by atoms with Crippen molar-refractivity contribution >= 4 is 38.5 Å². The predicted octanol–water partition coefficient (Wildman–Crippen LogP) is 3.41. The highest BCUT2D eigenvalue weighted by atomic mass is 32.2. The third kappa shape index (κ3) is 3.67. The third-order valence-corrected chi connectivity index (χ3v) is 7.75. The standard InChI is InChI=1S/C21H21N3O3S2/c1-14-2-4-15(5-3-14)13-24(17-7-8-17)20(25)16-6-9-18-19(12-16)28-21-22-29(26,27)11-10-23(18)21/h2-6,9,12,17H,7-8,10-11,13H2,1H3. The van der Waals surface area contributed by atoms with E-state index in [0.29, 0.717) is 29.9 Å². The maximum atomic E-state index is 13.3. The summed E-state index contributed by atoms with van der Waals surface area (Å²) in [5.41, 5.74) is 3.90. The molecule has 150 valence electrons. The molecule has 2 aliphatic heterocycles. The number of hydrogen-bond donors (Lipinski definition) is 0. The van der Waals surface area contributed by atoms with Gasteiger partial charge in [0.05, 0.1) is 11.4 Å². The average Bonchev–Trinajstić information content (AvgIpc) is 3.46. The number of carbonyl (C=O) groups is 1. The number of carbonyl (C=O) groups excluding carboxylic acids is 1. The Morgan fingerprint density at radius 2 is 1.97 bits per heavy atom. The van der Waals surface area contributed by atoms with Gasteiger partial charge >= 0.3 is 0 Å². The molecule has 2 heterocycles. The SMILES string of the molecule is Cc1ccc(CN(C(=O)c2ccc3c(c2)SC2=NS(=O)(=O)CCN23)C2CC2)cc1. The summed E-state index contributed by atoms with van der Waals surface area (Å²) in [6, 6.07) is 14.2. The van der Waals surface area contributed by atoms with Crippen LogP contribution in [0, 0.1) is 6.92 Å². The monoisotopic (exact) mass is 427 g/mol. The molecule has 0 N–H and O–H groups in total. The Bertz CT molecular complexity index is 1120. The second-order valence-electron chi connectivity index (χ2n) is 7.75. The van der Waals surface area contributed by atoms with Crippen LogP contribution in [0.1, 0.15) is 34.3 Å². The van der Waals surface area contributed by atoms with Crippen molar-refractivity contribution in [3.63, 3.8) is 0 Å². The van der Waals surface area contributed by atoms with Gasteiger partial charge in [-0.15, -0.1) is 4.40 Å². The van der Waals surface area contributed by atoms with Gasteiger partial charge in [-0.05, 0) is 55.3 Å². The molecule has 1 aliphatic carbocycles. The molecule has 2 aromatic carbocycles. The Labute approximate surface area is 174 Å². The van der Waals surface area contributed by atoms with Crippen molar-refractivity contribution in [1.82, 2.24) is 4.90 Å². The zero-order chi connectivity index (χ0) is 20.2. The maximum Gasteiger partial charge on any atom is 0.257 e. The van der Waals surface area contributed by atoms with Crippen LogP contribution in [0.4, 0.5) is 5.69 Å². The Balaban J connectivity index is 1.41. The van der Waals surface area contributed by atoms with E-state index in [2.05, 4.69) is 35.6 Å². The van der Waals surface area contributed by atoms with Crippen LogP contribution in [0.15, 0.2) is 51.8 Å². The molecule has 1 saturated carbocycles. The normalized spacial score (nSPS) is 19.3. The smallest absolute Gasteiger partial charge is 0.257 e. The van der Waals surface area contributed by atoms with Crippen molar-refractivity contribution in [2.24, 2.45) is 4.40 Å². The summed E-state index contributed by atoms with van der Waals surface area (Å²) in [6.45, 7) is 3.06. The number of hydrogen-bond acceptors (Lipinski definition) is 5. The number of rotatable bonds is 4. The van der Waals surface area contributed by atoms with Crippen LogP contribution in [-0.4, -0.2) is 42.7 Å². The highest BCUT2D eigenvalue weighted by molar-refractivity contribution is 8.15. The molecule has 29 heavy (non-hydrogen) atoms. The molecule has 3 aliphatic rings. The lowest BCUT2D eigenvalue weighted by Crippen LogP contribution is -2.35. The summed E-state index contributed by atoms with van der Waals surface area (Å²) < 4.78 is 27.5. The molecule has 5 rings (SSSR count). The van der Waals surface area contributed by atoms with Crippen LogP contribution in [0.3, 0.4) is 0 Å². The van der Waals surface area contributed by atoms with Crippen LogP contribution >= 0.6 is 11.8 Å². The highest BCUT2D eigenvalue weighted by Crippen LogP contribution is 2.42. The number of amidine groups is 1. The number of aryl methyl sites for hydroxylation is 1. The third-order valence-electron chi connectivity index (χ3n) is 5.44. The van der Waals surface area contributed by atoms with Crippen molar-refractivity contribution in [3.05, 3.63) is 59.2 Å². The number of benzene rings is 2. The van der Waals surface area contributed by atoms with Gasteiger partial charge in [0.15, 0.2) is 5.17 Å². The van der Waals surface area contributed by atoms with Crippen LogP contribution < -0.4 is 4.90 Å².